The molecule has 0 aliphatic rings. The maximum absolute atomic E-state index is 10.0. The number of halogens is 1. The number of hydrogen-bond acceptors (Lipinski definition) is 2. The fraction of sp³-hybridized carbons (Fsp3) is 1.00. The van der Waals surface area contributed by atoms with Crippen molar-refractivity contribution in [2.45, 2.75) is 6.92 Å². The van der Waals surface area contributed by atoms with Crippen LogP contribution in [0.2, 0.25) is 0 Å². The van der Waals surface area contributed by atoms with Gasteiger partial charge in [0, 0.05) is 12.0 Å². The van der Waals surface area contributed by atoms with Crippen molar-refractivity contribution in [3.05, 3.63) is 0 Å². The minimum Gasteiger partial charge on any atom is -0.269 e. The van der Waals surface area contributed by atoms with Crippen molar-refractivity contribution in [2.24, 2.45) is 0 Å². The molecule has 0 atom stereocenters. The summed E-state index contributed by atoms with van der Waals surface area (Å²) in [5, 5.41) is 0. The van der Waals surface area contributed by atoms with Gasteiger partial charge >= 0.3 is 0 Å². The Balaban J connectivity index is 0. The van der Waals surface area contributed by atoms with Crippen molar-refractivity contribution < 1.29 is 13.1 Å². The van der Waals surface area contributed by atoms with Gasteiger partial charge in [0.25, 0.3) is 0 Å². The van der Waals surface area contributed by atoms with E-state index in [0.717, 1.165) is 0 Å². The van der Waals surface area contributed by atoms with Crippen molar-refractivity contribution >= 4 is 9.84 Å². The van der Waals surface area contributed by atoms with Gasteiger partial charge in [0.15, 0.2) is 0 Å². The second-order valence-electron chi connectivity index (χ2n) is 1.21. The molecule has 46 valence electrons. The largest absolute Gasteiger partial charge is 0.269 e. The first-order chi connectivity index (χ1) is 2.56. The molecule has 0 aromatic rings. The molecular formula is C3H9FO2S. The minimum absolute atomic E-state index is 0. The summed E-state index contributed by atoms with van der Waals surface area (Å²) in [6, 6.07) is 0. The molecular weight excluding hydrogens is 119 g/mol. The first kappa shape index (κ1) is 9.99. The van der Waals surface area contributed by atoms with Gasteiger partial charge in [0.2, 0.25) is 0 Å². The van der Waals surface area contributed by atoms with E-state index in [1.807, 2.05) is 0 Å². The molecule has 7 heavy (non-hydrogen) atoms. The Morgan fingerprint density at radius 2 is 1.57 bits per heavy atom. The molecule has 0 aromatic carbocycles. The standard InChI is InChI=1S/C3H8O2S.FH/c1-3-6(2,4)5;/h3H2,1-2H3;1H. The topological polar surface area (TPSA) is 34.1 Å². The molecule has 4 heteroatoms. The van der Waals surface area contributed by atoms with E-state index in [-0.39, 0.29) is 10.5 Å². The fourth-order valence-electron chi connectivity index (χ4n) is 0. The molecule has 0 unspecified atom stereocenters. The summed E-state index contributed by atoms with van der Waals surface area (Å²) >= 11 is 0. The van der Waals surface area contributed by atoms with Crippen molar-refractivity contribution in [3.63, 3.8) is 0 Å². The van der Waals surface area contributed by atoms with Crippen LogP contribution in [0.1, 0.15) is 6.92 Å². The summed E-state index contributed by atoms with van der Waals surface area (Å²) in [6.07, 6.45) is 1.22. The summed E-state index contributed by atoms with van der Waals surface area (Å²) in [5.74, 6) is 0.243. The lowest BCUT2D eigenvalue weighted by molar-refractivity contribution is 0.603. The number of rotatable bonds is 1. The second kappa shape index (κ2) is 2.96. The summed E-state index contributed by atoms with van der Waals surface area (Å²) < 4.78 is 20.0. The molecule has 2 nitrogen and oxygen atoms in total. The average molecular weight is 128 g/mol. The normalized spacial score (nSPS) is 10.0. The quantitative estimate of drug-likeness (QED) is 0.505. The average Bonchev–Trinajstić information content (AvgIpc) is 1.35. The second-order valence-corrected chi connectivity index (χ2v) is 3.64. The molecule has 0 amide bonds. The van der Waals surface area contributed by atoms with Crippen LogP contribution in [0.25, 0.3) is 0 Å². The van der Waals surface area contributed by atoms with E-state index in [1.54, 1.807) is 6.92 Å². The van der Waals surface area contributed by atoms with Crippen LogP contribution in [-0.4, -0.2) is 20.4 Å². The molecule has 0 aliphatic carbocycles. The highest BCUT2D eigenvalue weighted by Crippen LogP contribution is 1.75. The van der Waals surface area contributed by atoms with E-state index in [9.17, 15) is 8.42 Å². The molecule has 0 rings (SSSR count). The van der Waals surface area contributed by atoms with Gasteiger partial charge in [-0.05, 0) is 0 Å². The Hall–Kier alpha value is -0.120. The van der Waals surface area contributed by atoms with E-state index in [2.05, 4.69) is 0 Å². The zero-order valence-electron chi connectivity index (χ0n) is 4.34. The molecule has 0 N–H and O–H groups in total. The highest BCUT2D eigenvalue weighted by molar-refractivity contribution is 7.90. The third-order valence-corrected chi connectivity index (χ3v) is 1.57. The predicted molar refractivity (Wildman–Crippen MR) is 27.9 cm³/mol. The summed E-state index contributed by atoms with van der Waals surface area (Å²) in [4.78, 5) is 0. The Morgan fingerprint density at radius 1 is 1.43 bits per heavy atom. The van der Waals surface area contributed by atoms with Gasteiger partial charge in [-0.3, -0.25) is 4.70 Å². The van der Waals surface area contributed by atoms with Crippen LogP contribution in [0.15, 0.2) is 0 Å². The van der Waals surface area contributed by atoms with Crippen LogP contribution in [0.5, 0.6) is 0 Å². The molecule has 0 aliphatic heterocycles. The van der Waals surface area contributed by atoms with Gasteiger partial charge in [-0.15, -0.1) is 0 Å². The molecule has 0 heterocycles. The predicted octanol–water partition coefficient (Wildman–Crippen LogP) is 0.203. The summed E-state index contributed by atoms with van der Waals surface area (Å²) in [7, 11) is -2.66. The molecule has 0 fully saturated rings. The molecule has 0 spiro atoms. The van der Waals surface area contributed by atoms with Crippen LogP contribution in [0.3, 0.4) is 0 Å². The van der Waals surface area contributed by atoms with Crippen LogP contribution in [0.4, 0.5) is 4.70 Å². The van der Waals surface area contributed by atoms with E-state index in [4.69, 9.17) is 0 Å². The summed E-state index contributed by atoms with van der Waals surface area (Å²) in [5.41, 5.74) is 0. The van der Waals surface area contributed by atoms with Gasteiger partial charge in [-0.2, -0.15) is 0 Å². The first-order valence-corrected chi connectivity index (χ1v) is 3.80. The van der Waals surface area contributed by atoms with Gasteiger partial charge < -0.3 is 0 Å². The third-order valence-electron chi connectivity index (χ3n) is 0.524. The number of hydrogen-bond donors (Lipinski definition) is 0. The molecule has 0 saturated heterocycles. The Bertz CT molecular complexity index is 115. The van der Waals surface area contributed by atoms with Gasteiger partial charge in [-0.1, -0.05) is 6.92 Å². The van der Waals surface area contributed by atoms with E-state index in [1.165, 1.54) is 6.26 Å². The van der Waals surface area contributed by atoms with Crippen LogP contribution in [0, 0.1) is 0 Å². The molecule has 0 aromatic heterocycles. The Morgan fingerprint density at radius 3 is 1.57 bits per heavy atom. The third kappa shape index (κ3) is 10.7. The highest BCUT2D eigenvalue weighted by Gasteiger charge is 1.90. The van der Waals surface area contributed by atoms with Crippen molar-refractivity contribution in [2.75, 3.05) is 12.0 Å². The lowest BCUT2D eigenvalue weighted by Crippen LogP contribution is -1.96. The molecule has 0 saturated carbocycles. The van der Waals surface area contributed by atoms with Gasteiger partial charge in [-0.25, -0.2) is 8.42 Å². The zero-order chi connectivity index (χ0) is 5.21. The Labute approximate surface area is 42.8 Å². The van der Waals surface area contributed by atoms with Crippen LogP contribution < -0.4 is 0 Å². The van der Waals surface area contributed by atoms with E-state index < -0.39 is 9.84 Å². The SMILES string of the molecule is CCS(C)(=O)=O.F. The van der Waals surface area contributed by atoms with E-state index >= 15 is 0 Å². The highest BCUT2D eigenvalue weighted by atomic mass is 32.2. The summed E-state index contributed by atoms with van der Waals surface area (Å²) in [6.45, 7) is 1.62. The van der Waals surface area contributed by atoms with Crippen molar-refractivity contribution in [1.82, 2.24) is 0 Å². The smallest absolute Gasteiger partial charge is 0.147 e. The zero-order valence-corrected chi connectivity index (χ0v) is 5.16. The molecule has 0 bridgehead atoms. The maximum Gasteiger partial charge on any atom is 0.147 e. The monoisotopic (exact) mass is 128 g/mol. The van der Waals surface area contributed by atoms with Crippen LogP contribution >= 0.6 is 0 Å². The van der Waals surface area contributed by atoms with Crippen molar-refractivity contribution in [1.29, 1.82) is 0 Å². The van der Waals surface area contributed by atoms with Crippen molar-refractivity contribution in [3.8, 4) is 0 Å². The van der Waals surface area contributed by atoms with Gasteiger partial charge in [0.1, 0.15) is 9.84 Å². The maximum atomic E-state index is 10.0. The lowest BCUT2D eigenvalue weighted by atomic mass is 11.0. The molecule has 0 radical (unpaired) electrons. The van der Waals surface area contributed by atoms with Gasteiger partial charge in [0.05, 0.1) is 0 Å². The Kier molecular flexibility index (Phi) is 4.22. The van der Waals surface area contributed by atoms with Crippen LogP contribution in [-0.2, 0) is 9.84 Å². The first-order valence-electron chi connectivity index (χ1n) is 1.74. The number of sulfone groups is 1. The van der Waals surface area contributed by atoms with E-state index in [0.29, 0.717) is 0 Å². The fourth-order valence-corrected chi connectivity index (χ4v) is 0. The minimum atomic E-state index is -2.66. The lowest BCUT2D eigenvalue weighted by Gasteiger charge is -1.81.